The number of nitrogens with zero attached hydrogens (tertiary/aromatic N) is 2. The lowest BCUT2D eigenvalue weighted by Gasteiger charge is -2.18. The first-order chi connectivity index (χ1) is 11.3. The molecular formula is C17H21N3O4. The Balaban J connectivity index is 2.02. The molecule has 0 bridgehead atoms. The highest BCUT2D eigenvalue weighted by Gasteiger charge is 2.44. The first-order valence-electron chi connectivity index (χ1n) is 7.80. The number of carbonyl (C=O) groups excluding carboxylic acids is 4. The van der Waals surface area contributed by atoms with Crippen LogP contribution >= 0.6 is 0 Å². The van der Waals surface area contributed by atoms with Gasteiger partial charge in [-0.05, 0) is 44.4 Å². The summed E-state index contributed by atoms with van der Waals surface area (Å²) < 4.78 is 0. The van der Waals surface area contributed by atoms with Gasteiger partial charge in [0.15, 0.2) is 0 Å². The second-order valence-corrected chi connectivity index (χ2v) is 5.86. The summed E-state index contributed by atoms with van der Waals surface area (Å²) in [6, 6.07) is 4.85. The molecule has 1 heterocycles. The van der Waals surface area contributed by atoms with Crippen molar-refractivity contribution in [1.82, 2.24) is 15.1 Å². The summed E-state index contributed by atoms with van der Waals surface area (Å²) in [4.78, 5) is 49.0. The van der Waals surface area contributed by atoms with Gasteiger partial charge in [-0.15, -0.1) is 0 Å². The van der Waals surface area contributed by atoms with Gasteiger partial charge in [0.05, 0.1) is 6.04 Å². The summed E-state index contributed by atoms with van der Waals surface area (Å²) in [5.74, 6) is -2.35. The third kappa shape index (κ3) is 3.29. The first kappa shape index (κ1) is 17.7. The number of carbonyl (C=O) groups is 4. The Bertz CT molecular complexity index is 714. The lowest BCUT2D eigenvalue weighted by atomic mass is 10.0. The Morgan fingerprint density at radius 3 is 2.25 bits per heavy atom. The number of hydrogen-bond acceptors (Lipinski definition) is 4. The summed E-state index contributed by atoms with van der Waals surface area (Å²) in [5.41, 5.74) is 3.20. The molecule has 1 aliphatic rings. The van der Waals surface area contributed by atoms with Gasteiger partial charge < -0.3 is 5.32 Å². The highest BCUT2D eigenvalue weighted by molar-refractivity contribution is 6.45. The molecule has 7 heteroatoms. The minimum Gasteiger partial charge on any atom is -0.348 e. The third-order valence-corrected chi connectivity index (χ3v) is 4.16. The standard InChI is InChI=1S/C17H21N3O4/c1-5-19-15(22)16(23)20(17(19)24)9-14(21)18-12(4)13-7-6-10(2)11(3)8-13/h6-8,12H,5,9H2,1-4H3,(H,18,21)/t12-/m1/s1. The van der Waals surface area contributed by atoms with Crippen molar-refractivity contribution in [3.8, 4) is 0 Å². The van der Waals surface area contributed by atoms with Crippen LogP contribution in [0.5, 0.6) is 0 Å². The van der Waals surface area contributed by atoms with E-state index in [4.69, 9.17) is 0 Å². The molecule has 0 aromatic heterocycles. The molecule has 0 radical (unpaired) electrons. The van der Waals surface area contributed by atoms with E-state index in [1.807, 2.05) is 39.0 Å². The fourth-order valence-corrected chi connectivity index (χ4v) is 2.52. The number of nitrogens with one attached hydrogen (secondary N) is 1. The van der Waals surface area contributed by atoms with Gasteiger partial charge in [0.1, 0.15) is 6.54 Å². The van der Waals surface area contributed by atoms with Crippen LogP contribution in [-0.2, 0) is 14.4 Å². The maximum Gasteiger partial charge on any atom is 0.334 e. The summed E-state index contributed by atoms with van der Waals surface area (Å²) >= 11 is 0. The van der Waals surface area contributed by atoms with Gasteiger partial charge in [0, 0.05) is 6.54 Å². The van der Waals surface area contributed by atoms with Gasteiger partial charge in [0.25, 0.3) is 0 Å². The van der Waals surface area contributed by atoms with Crippen LogP contribution in [-0.4, -0.2) is 46.6 Å². The maximum absolute atomic E-state index is 12.1. The monoisotopic (exact) mass is 331 g/mol. The zero-order valence-electron chi connectivity index (χ0n) is 14.3. The van der Waals surface area contributed by atoms with Crippen LogP contribution in [0.25, 0.3) is 0 Å². The number of amides is 5. The second-order valence-electron chi connectivity index (χ2n) is 5.86. The van der Waals surface area contributed by atoms with Crippen LogP contribution in [0, 0.1) is 13.8 Å². The van der Waals surface area contributed by atoms with Crippen molar-refractivity contribution in [1.29, 1.82) is 0 Å². The van der Waals surface area contributed by atoms with Crippen molar-refractivity contribution in [3.63, 3.8) is 0 Å². The molecule has 1 fully saturated rings. The molecule has 1 atom stereocenters. The van der Waals surface area contributed by atoms with Crippen LogP contribution in [0.2, 0.25) is 0 Å². The molecule has 1 N–H and O–H groups in total. The Hall–Kier alpha value is -2.70. The predicted molar refractivity (Wildman–Crippen MR) is 87.0 cm³/mol. The lowest BCUT2D eigenvalue weighted by molar-refractivity contribution is -0.144. The zero-order chi connectivity index (χ0) is 18.0. The van der Waals surface area contributed by atoms with Crippen LogP contribution in [0.15, 0.2) is 18.2 Å². The van der Waals surface area contributed by atoms with Gasteiger partial charge in [-0.1, -0.05) is 18.2 Å². The van der Waals surface area contributed by atoms with Crippen LogP contribution in [0.1, 0.15) is 36.6 Å². The van der Waals surface area contributed by atoms with E-state index < -0.39 is 30.3 Å². The van der Waals surface area contributed by atoms with E-state index >= 15 is 0 Å². The third-order valence-electron chi connectivity index (χ3n) is 4.16. The molecule has 5 amide bonds. The fourth-order valence-electron chi connectivity index (χ4n) is 2.52. The topological polar surface area (TPSA) is 86.8 Å². The smallest absolute Gasteiger partial charge is 0.334 e. The number of aryl methyl sites for hydroxylation is 2. The molecule has 0 aliphatic carbocycles. The number of imide groups is 2. The SMILES string of the molecule is CCN1C(=O)C(=O)N(CC(=O)N[C@H](C)c2ccc(C)c(C)c2)C1=O. The Kier molecular flexibility index (Phi) is 5.02. The van der Waals surface area contributed by atoms with Gasteiger partial charge in [-0.3, -0.25) is 19.3 Å². The summed E-state index contributed by atoms with van der Waals surface area (Å²) in [5, 5.41) is 2.74. The van der Waals surface area contributed by atoms with Gasteiger partial charge in [0.2, 0.25) is 5.91 Å². The average molecular weight is 331 g/mol. The highest BCUT2D eigenvalue weighted by Crippen LogP contribution is 2.17. The summed E-state index contributed by atoms with van der Waals surface area (Å²) in [6.45, 7) is 7.03. The molecule has 7 nitrogen and oxygen atoms in total. The fraction of sp³-hybridized carbons (Fsp3) is 0.412. The Labute approximate surface area is 140 Å². The molecule has 0 saturated carbocycles. The lowest BCUT2D eigenvalue weighted by Crippen LogP contribution is -2.42. The van der Waals surface area contributed by atoms with Crippen LogP contribution in [0.3, 0.4) is 0 Å². The zero-order valence-corrected chi connectivity index (χ0v) is 14.3. The molecule has 0 spiro atoms. The number of benzene rings is 1. The highest BCUT2D eigenvalue weighted by atomic mass is 16.2. The molecular weight excluding hydrogens is 310 g/mol. The van der Waals surface area contributed by atoms with E-state index in [2.05, 4.69) is 5.32 Å². The normalized spacial score (nSPS) is 15.9. The quantitative estimate of drug-likeness (QED) is 0.651. The van der Waals surface area contributed by atoms with E-state index in [1.165, 1.54) is 0 Å². The number of rotatable bonds is 5. The van der Waals surface area contributed by atoms with E-state index in [0.29, 0.717) is 4.90 Å². The molecule has 2 rings (SSSR count). The number of likely N-dealkylation sites (N-methyl/N-ethyl adjacent to an activating group) is 1. The second kappa shape index (κ2) is 6.82. The maximum atomic E-state index is 12.1. The average Bonchev–Trinajstić information content (AvgIpc) is 2.73. The molecule has 0 unspecified atom stereocenters. The first-order valence-corrected chi connectivity index (χ1v) is 7.80. The summed E-state index contributed by atoms with van der Waals surface area (Å²) in [7, 11) is 0. The van der Waals surface area contributed by atoms with Crippen molar-refractivity contribution in [2.75, 3.05) is 13.1 Å². The predicted octanol–water partition coefficient (Wildman–Crippen LogP) is 1.29. The van der Waals surface area contributed by atoms with Gasteiger partial charge in [-0.25, -0.2) is 9.69 Å². The number of hydrogen-bond donors (Lipinski definition) is 1. The van der Waals surface area contributed by atoms with Gasteiger partial charge >= 0.3 is 17.8 Å². The Morgan fingerprint density at radius 2 is 1.71 bits per heavy atom. The van der Waals surface area contributed by atoms with E-state index in [0.717, 1.165) is 21.6 Å². The largest absolute Gasteiger partial charge is 0.348 e. The minimum atomic E-state index is -0.962. The van der Waals surface area contributed by atoms with Crippen LogP contribution < -0.4 is 5.32 Å². The molecule has 1 aromatic carbocycles. The summed E-state index contributed by atoms with van der Waals surface area (Å²) in [6.07, 6.45) is 0. The minimum absolute atomic E-state index is 0.0978. The van der Waals surface area contributed by atoms with Crippen LogP contribution in [0.4, 0.5) is 4.79 Å². The van der Waals surface area contributed by atoms with Crippen molar-refractivity contribution in [2.24, 2.45) is 0 Å². The Morgan fingerprint density at radius 1 is 1.08 bits per heavy atom. The van der Waals surface area contributed by atoms with Crippen molar-refractivity contribution in [3.05, 3.63) is 34.9 Å². The number of urea groups is 1. The van der Waals surface area contributed by atoms with Crippen molar-refractivity contribution in [2.45, 2.75) is 33.7 Å². The van der Waals surface area contributed by atoms with Gasteiger partial charge in [-0.2, -0.15) is 0 Å². The van der Waals surface area contributed by atoms with E-state index in [1.54, 1.807) is 6.92 Å². The molecule has 1 aliphatic heterocycles. The van der Waals surface area contributed by atoms with E-state index in [9.17, 15) is 19.2 Å². The molecule has 1 saturated heterocycles. The van der Waals surface area contributed by atoms with Crippen molar-refractivity contribution >= 4 is 23.8 Å². The molecule has 24 heavy (non-hydrogen) atoms. The van der Waals surface area contributed by atoms with Crippen molar-refractivity contribution < 1.29 is 19.2 Å². The molecule has 128 valence electrons. The molecule has 1 aromatic rings. The van der Waals surface area contributed by atoms with E-state index in [-0.39, 0.29) is 12.6 Å².